The second-order valence-corrected chi connectivity index (χ2v) is 6.81. The van der Waals surface area contributed by atoms with Gasteiger partial charge in [0, 0.05) is 0 Å². The van der Waals surface area contributed by atoms with Gasteiger partial charge in [0.1, 0.15) is 12.1 Å². The molecule has 6 heteroatoms. The van der Waals surface area contributed by atoms with E-state index >= 15 is 0 Å². The average Bonchev–Trinajstić information content (AvgIpc) is 2.76. The highest BCUT2D eigenvalue weighted by Gasteiger charge is 2.47. The quantitative estimate of drug-likeness (QED) is 0.802. The van der Waals surface area contributed by atoms with Crippen molar-refractivity contribution < 1.29 is 17.9 Å². The summed E-state index contributed by atoms with van der Waals surface area (Å²) in [6, 6.07) is 5.49. The van der Waals surface area contributed by atoms with Crippen LogP contribution in [0.4, 0.5) is 4.79 Å². The van der Waals surface area contributed by atoms with Gasteiger partial charge in [-0.1, -0.05) is 30.4 Å². The number of amides is 1. The van der Waals surface area contributed by atoms with E-state index in [0.29, 0.717) is 5.57 Å². The Morgan fingerprint density at radius 1 is 1.33 bits per heavy atom. The van der Waals surface area contributed by atoms with Gasteiger partial charge >= 0.3 is 6.09 Å². The molecule has 1 aliphatic rings. The van der Waals surface area contributed by atoms with E-state index in [0.717, 1.165) is 9.87 Å². The lowest BCUT2D eigenvalue weighted by molar-refractivity contribution is 0.148. The van der Waals surface area contributed by atoms with Gasteiger partial charge in [0.25, 0.3) is 10.0 Å². The molecule has 5 nitrogen and oxygen atoms in total. The first kappa shape index (κ1) is 15.3. The number of ether oxygens (including phenoxy) is 1. The maximum Gasteiger partial charge on any atom is 0.425 e. The molecule has 1 fully saturated rings. The van der Waals surface area contributed by atoms with Gasteiger partial charge in [-0.05, 0) is 31.6 Å². The summed E-state index contributed by atoms with van der Waals surface area (Å²) in [5.41, 5.74) is 1.49. The zero-order valence-corrected chi connectivity index (χ0v) is 12.8. The summed E-state index contributed by atoms with van der Waals surface area (Å²) in [5.74, 6) is 0. The van der Waals surface area contributed by atoms with Gasteiger partial charge < -0.3 is 4.74 Å². The second kappa shape index (κ2) is 5.37. The number of hydrogen-bond acceptors (Lipinski definition) is 4. The van der Waals surface area contributed by atoms with Crippen LogP contribution < -0.4 is 0 Å². The topological polar surface area (TPSA) is 63.7 Å². The number of rotatable bonds is 4. The summed E-state index contributed by atoms with van der Waals surface area (Å²) in [6.07, 6.45) is -0.237. The van der Waals surface area contributed by atoms with Gasteiger partial charge in [0.05, 0.1) is 4.90 Å². The van der Waals surface area contributed by atoms with E-state index in [-0.39, 0.29) is 4.90 Å². The smallest absolute Gasteiger partial charge is 0.425 e. The van der Waals surface area contributed by atoms with E-state index in [2.05, 4.69) is 13.2 Å². The molecule has 1 heterocycles. The molecular formula is C15H17NO4S. The fraction of sp³-hybridized carbons (Fsp3) is 0.267. The summed E-state index contributed by atoms with van der Waals surface area (Å²) in [5, 5.41) is 0. The minimum atomic E-state index is -3.99. The van der Waals surface area contributed by atoms with Crippen molar-refractivity contribution >= 4 is 16.1 Å². The monoisotopic (exact) mass is 307 g/mol. The van der Waals surface area contributed by atoms with Crippen LogP contribution in [0.2, 0.25) is 0 Å². The zero-order valence-electron chi connectivity index (χ0n) is 11.9. The summed E-state index contributed by atoms with van der Waals surface area (Å²) in [7, 11) is -3.99. The maximum absolute atomic E-state index is 12.6. The molecule has 0 N–H and O–H groups in total. The predicted octanol–water partition coefficient (Wildman–Crippen LogP) is 2.64. The van der Waals surface area contributed by atoms with Gasteiger partial charge in [-0.15, -0.1) is 6.58 Å². The lowest BCUT2D eigenvalue weighted by atomic mass is 10.1. The van der Waals surface area contributed by atoms with E-state index in [1.807, 2.05) is 6.92 Å². The minimum absolute atomic E-state index is 0.0410. The molecule has 1 aliphatic heterocycles. The number of benzene rings is 1. The predicted molar refractivity (Wildman–Crippen MR) is 79.3 cm³/mol. The molecular weight excluding hydrogens is 290 g/mol. The molecule has 0 saturated carbocycles. The third-order valence-electron chi connectivity index (χ3n) is 3.29. The van der Waals surface area contributed by atoms with Crippen LogP contribution in [0.5, 0.6) is 0 Å². The fourth-order valence-electron chi connectivity index (χ4n) is 2.17. The van der Waals surface area contributed by atoms with Crippen LogP contribution in [0, 0.1) is 6.92 Å². The van der Waals surface area contributed by atoms with Crippen molar-refractivity contribution in [2.45, 2.75) is 30.9 Å². The van der Waals surface area contributed by atoms with Crippen LogP contribution in [0.25, 0.3) is 0 Å². The van der Waals surface area contributed by atoms with Crippen molar-refractivity contribution in [2.24, 2.45) is 0 Å². The molecule has 1 aromatic rings. The van der Waals surface area contributed by atoms with Gasteiger partial charge in [0.15, 0.2) is 0 Å². The van der Waals surface area contributed by atoms with Crippen LogP contribution in [0.3, 0.4) is 0 Å². The van der Waals surface area contributed by atoms with Crippen LogP contribution >= 0.6 is 0 Å². The molecule has 0 aromatic heterocycles. The Morgan fingerprint density at radius 3 is 2.38 bits per heavy atom. The first-order valence-corrected chi connectivity index (χ1v) is 7.82. The summed E-state index contributed by atoms with van der Waals surface area (Å²) in [6.45, 7) is 10.9. The Labute approximate surface area is 124 Å². The van der Waals surface area contributed by atoms with Crippen molar-refractivity contribution in [1.29, 1.82) is 0 Å². The number of carbonyl (C=O) groups excluding carboxylic acids is 1. The Bertz CT molecular complexity index is 691. The lowest BCUT2D eigenvalue weighted by Crippen LogP contribution is -2.40. The van der Waals surface area contributed by atoms with Crippen molar-refractivity contribution in [2.75, 3.05) is 0 Å². The number of nitrogens with zero attached hydrogens (tertiary/aromatic N) is 1. The Hall–Kier alpha value is -2.08. The number of sulfonamides is 1. The number of cyclic esters (lactones) is 1. The fourth-order valence-corrected chi connectivity index (χ4v) is 3.63. The van der Waals surface area contributed by atoms with E-state index in [1.54, 1.807) is 19.1 Å². The van der Waals surface area contributed by atoms with E-state index in [4.69, 9.17) is 4.74 Å². The average molecular weight is 307 g/mol. The van der Waals surface area contributed by atoms with E-state index in [9.17, 15) is 13.2 Å². The van der Waals surface area contributed by atoms with Gasteiger partial charge in [-0.3, -0.25) is 0 Å². The molecule has 2 rings (SSSR count). The normalized spacial score (nSPS) is 22.0. The summed E-state index contributed by atoms with van der Waals surface area (Å²) < 4.78 is 31.1. The number of aryl methyl sites for hydroxylation is 1. The Morgan fingerprint density at radius 2 is 1.90 bits per heavy atom. The first-order chi connectivity index (χ1) is 9.78. The highest BCUT2D eigenvalue weighted by Crippen LogP contribution is 2.30. The largest absolute Gasteiger partial charge is 0.438 e. The highest BCUT2D eigenvalue weighted by atomic mass is 32.2. The molecule has 1 saturated heterocycles. The van der Waals surface area contributed by atoms with Crippen molar-refractivity contribution in [1.82, 2.24) is 4.31 Å². The standard InChI is InChI=1S/C15H17NO4S/c1-5-13-14(10(2)3)20-15(17)16(13)21(18,19)12-8-6-11(4)7-9-12/h5-9,13-14H,1-2H2,3-4H3/t13-,14-/m0/s1. The lowest BCUT2D eigenvalue weighted by Gasteiger charge is -2.21. The maximum atomic E-state index is 12.6. The third-order valence-corrected chi connectivity index (χ3v) is 5.07. The first-order valence-electron chi connectivity index (χ1n) is 6.38. The Kier molecular flexibility index (Phi) is 3.91. The molecule has 0 aliphatic carbocycles. The molecule has 0 unspecified atom stereocenters. The van der Waals surface area contributed by atoms with E-state index < -0.39 is 28.3 Å². The van der Waals surface area contributed by atoms with Crippen molar-refractivity contribution in [3.05, 3.63) is 54.6 Å². The van der Waals surface area contributed by atoms with Crippen LogP contribution in [-0.4, -0.2) is 31.0 Å². The molecule has 0 spiro atoms. The van der Waals surface area contributed by atoms with Crippen LogP contribution in [-0.2, 0) is 14.8 Å². The molecule has 1 amide bonds. The van der Waals surface area contributed by atoms with Gasteiger partial charge in [-0.2, -0.15) is 4.31 Å². The molecule has 2 atom stereocenters. The molecule has 0 radical (unpaired) electrons. The molecule has 1 aromatic carbocycles. The van der Waals surface area contributed by atoms with E-state index in [1.165, 1.54) is 18.2 Å². The summed E-state index contributed by atoms with van der Waals surface area (Å²) in [4.78, 5) is 12.0. The van der Waals surface area contributed by atoms with Crippen molar-refractivity contribution in [3.63, 3.8) is 0 Å². The highest BCUT2D eigenvalue weighted by molar-refractivity contribution is 7.89. The second-order valence-electron chi connectivity index (χ2n) is 4.99. The SMILES string of the molecule is C=C[C@H]1[C@H](C(=C)C)OC(=O)N1S(=O)(=O)c1ccc(C)cc1. The van der Waals surface area contributed by atoms with Crippen LogP contribution in [0.1, 0.15) is 12.5 Å². The van der Waals surface area contributed by atoms with Crippen LogP contribution in [0.15, 0.2) is 54.0 Å². The van der Waals surface area contributed by atoms with Gasteiger partial charge in [0.2, 0.25) is 0 Å². The number of carbonyl (C=O) groups is 1. The number of hydrogen-bond donors (Lipinski definition) is 0. The summed E-state index contributed by atoms with van der Waals surface area (Å²) >= 11 is 0. The molecule has 0 bridgehead atoms. The van der Waals surface area contributed by atoms with Gasteiger partial charge in [-0.25, -0.2) is 13.2 Å². The van der Waals surface area contributed by atoms with Crippen molar-refractivity contribution in [3.8, 4) is 0 Å². The Balaban J connectivity index is 2.48. The zero-order chi connectivity index (χ0) is 15.8. The molecule has 21 heavy (non-hydrogen) atoms. The third kappa shape index (κ3) is 2.58. The minimum Gasteiger partial charge on any atom is -0.438 e. The molecule has 112 valence electrons.